The molecular weight excluding hydrogens is 392 g/mol. The first-order valence-corrected chi connectivity index (χ1v) is 10.1. The van der Waals surface area contributed by atoms with Gasteiger partial charge in [-0.1, -0.05) is 6.07 Å². The number of hydrogen-bond acceptors (Lipinski definition) is 4. The fraction of sp³-hybridized carbons (Fsp3) is 0.208. The lowest BCUT2D eigenvalue weighted by Gasteiger charge is -2.19. The fourth-order valence-electron chi connectivity index (χ4n) is 3.75. The van der Waals surface area contributed by atoms with Crippen molar-refractivity contribution in [2.75, 3.05) is 23.8 Å². The summed E-state index contributed by atoms with van der Waals surface area (Å²) >= 11 is 0. The van der Waals surface area contributed by atoms with Gasteiger partial charge in [0.2, 0.25) is 0 Å². The number of nitrogens with zero attached hydrogens (tertiary/aromatic N) is 2. The zero-order valence-corrected chi connectivity index (χ0v) is 17.7. The molecule has 2 heterocycles. The van der Waals surface area contributed by atoms with E-state index >= 15 is 0 Å². The van der Waals surface area contributed by atoms with Crippen molar-refractivity contribution in [1.29, 1.82) is 0 Å². The maximum absolute atomic E-state index is 12.8. The van der Waals surface area contributed by atoms with Crippen molar-refractivity contribution in [3.05, 3.63) is 77.1 Å². The normalized spacial score (nSPS) is 12.3. The Hall–Kier alpha value is -3.87. The number of rotatable bonds is 4. The summed E-state index contributed by atoms with van der Waals surface area (Å²) in [7, 11) is 1.56. The van der Waals surface area contributed by atoms with Crippen LogP contribution < -0.4 is 20.3 Å². The highest BCUT2D eigenvalue weighted by Crippen LogP contribution is 2.33. The predicted octanol–water partition coefficient (Wildman–Crippen LogP) is 4.44. The van der Waals surface area contributed by atoms with E-state index in [2.05, 4.69) is 21.7 Å². The van der Waals surface area contributed by atoms with Gasteiger partial charge in [0.1, 0.15) is 17.2 Å². The van der Waals surface area contributed by atoms with E-state index in [1.165, 1.54) is 6.20 Å². The van der Waals surface area contributed by atoms with E-state index in [1.807, 2.05) is 44.2 Å². The summed E-state index contributed by atoms with van der Waals surface area (Å²) < 4.78 is 5.92. The number of aromatic nitrogens is 1. The van der Waals surface area contributed by atoms with Crippen LogP contribution in [0, 0.1) is 13.8 Å². The summed E-state index contributed by atoms with van der Waals surface area (Å²) in [5, 5.41) is 5.54. The summed E-state index contributed by atoms with van der Waals surface area (Å²) in [4.78, 5) is 30.4. The lowest BCUT2D eigenvalue weighted by molar-refractivity contribution is 0.0958. The number of urea groups is 1. The molecule has 0 atom stereocenters. The number of fused-ring (bicyclic) bond motifs is 1. The maximum Gasteiger partial charge on any atom is 0.326 e. The van der Waals surface area contributed by atoms with Gasteiger partial charge in [-0.15, -0.1) is 0 Å². The van der Waals surface area contributed by atoms with E-state index < -0.39 is 0 Å². The van der Waals surface area contributed by atoms with Crippen LogP contribution in [0.1, 0.15) is 27.2 Å². The minimum absolute atomic E-state index is 0.151. The standard InChI is InChI=1S/C24H24N4O3/c1-15-10-16(2)12-18(11-15)27-24(30)28-9-7-17-13-19(4-5-22(17)28)31-20-6-8-26-21(14-20)23(29)25-3/h4-6,8,10-14H,7,9H2,1-3H3,(H,25,29)(H,27,30). The molecule has 0 unspecified atom stereocenters. The maximum atomic E-state index is 12.8. The molecule has 0 bridgehead atoms. The second-order valence-corrected chi connectivity index (χ2v) is 7.56. The van der Waals surface area contributed by atoms with Crippen LogP contribution in [-0.4, -0.2) is 30.5 Å². The Morgan fingerprint density at radius 2 is 1.74 bits per heavy atom. The highest BCUT2D eigenvalue weighted by molar-refractivity contribution is 6.03. The minimum atomic E-state index is -0.273. The van der Waals surface area contributed by atoms with Gasteiger partial charge in [0.05, 0.1) is 0 Å². The van der Waals surface area contributed by atoms with Gasteiger partial charge in [-0.3, -0.25) is 14.7 Å². The average Bonchev–Trinajstić information content (AvgIpc) is 3.16. The quantitative estimate of drug-likeness (QED) is 0.658. The molecule has 7 nitrogen and oxygen atoms in total. The minimum Gasteiger partial charge on any atom is -0.457 e. The monoisotopic (exact) mass is 416 g/mol. The SMILES string of the molecule is CNC(=O)c1cc(Oc2ccc3c(c2)CCN3C(=O)Nc2cc(C)cc(C)c2)ccn1. The topological polar surface area (TPSA) is 83.6 Å². The number of amides is 3. The Morgan fingerprint density at radius 1 is 1.00 bits per heavy atom. The van der Waals surface area contributed by atoms with E-state index in [0.29, 0.717) is 18.0 Å². The van der Waals surface area contributed by atoms with Crippen LogP contribution in [0.5, 0.6) is 11.5 Å². The van der Waals surface area contributed by atoms with Gasteiger partial charge in [0.15, 0.2) is 0 Å². The zero-order valence-electron chi connectivity index (χ0n) is 17.7. The molecule has 0 spiro atoms. The molecule has 0 radical (unpaired) electrons. The van der Waals surface area contributed by atoms with Crippen molar-refractivity contribution in [2.24, 2.45) is 0 Å². The summed E-state index contributed by atoms with van der Waals surface area (Å²) in [5.41, 5.74) is 5.20. The highest BCUT2D eigenvalue weighted by atomic mass is 16.5. The highest BCUT2D eigenvalue weighted by Gasteiger charge is 2.25. The molecule has 0 saturated carbocycles. The van der Waals surface area contributed by atoms with Crippen LogP contribution in [0.15, 0.2) is 54.7 Å². The summed E-state index contributed by atoms with van der Waals surface area (Å²) in [6.45, 7) is 4.62. The van der Waals surface area contributed by atoms with Crippen LogP contribution in [0.4, 0.5) is 16.2 Å². The molecule has 2 N–H and O–H groups in total. The smallest absolute Gasteiger partial charge is 0.326 e. The number of hydrogen-bond donors (Lipinski definition) is 2. The number of ether oxygens (including phenoxy) is 1. The third-order valence-electron chi connectivity index (χ3n) is 5.09. The molecule has 1 aromatic heterocycles. The lowest BCUT2D eigenvalue weighted by atomic mass is 10.1. The van der Waals surface area contributed by atoms with Gasteiger partial charge in [0.25, 0.3) is 5.91 Å². The van der Waals surface area contributed by atoms with Crippen molar-refractivity contribution in [3.63, 3.8) is 0 Å². The molecule has 0 fully saturated rings. The molecule has 3 amide bonds. The number of pyridine rings is 1. The first-order valence-electron chi connectivity index (χ1n) is 10.1. The molecule has 2 aromatic carbocycles. The van der Waals surface area contributed by atoms with Crippen molar-refractivity contribution in [3.8, 4) is 11.5 Å². The van der Waals surface area contributed by atoms with E-state index in [-0.39, 0.29) is 17.6 Å². The zero-order chi connectivity index (χ0) is 22.0. The van der Waals surface area contributed by atoms with Gasteiger partial charge < -0.3 is 15.4 Å². The Kier molecular flexibility index (Phi) is 5.58. The van der Waals surface area contributed by atoms with E-state index in [0.717, 1.165) is 34.5 Å². The number of anilines is 2. The average molecular weight is 416 g/mol. The first-order chi connectivity index (χ1) is 14.9. The largest absolute Gasteiger partial charge is 0.457 e. The molecule has 7 heteroatoms. The van der Waals surface area contributed by atoms with E-state index in [4.69, 9.17) is 4.74 Å². The summed E-state index contributed by atoms with van der Waals surface area (Å²) in [6, 6.07) is 14.8. The van der Waals surface area contributed by atoms with E-state index in [9.17, 15) is 9.59 Å². The third-order valence-corrected chi connectivity index (χ3v) is 5.09. The Bertz CT molecular complexity index is 1140. The van der Waals surface area contributed by atoms with Crippen LogP contribution in [0.3, 0.4) is 0 Å². The van der Waals surface area contributed by atoms with Crippen molar-refractivity contribution in [2.45, 2.75) is 20.3 Å². The lowest BCUT2D eigenvalue weighted by Crippen LogP contribution is -2.33. The molecule has 31 heavy (non-hydrogen) atoms. The molecule has 158 valence electrons. The van der Waals surface area contributed by atoms with Gasteiger partial charge in [-0.25, -0.2) is 4.79 Å². The number of carbonyl (C=O) groups excluding carboxylic acids is 2. The molecule has 0 aliphatic carbocycles. The number of nitrogens with one attached hydrogen (secondary N) is 2. The van der Waals surface area contributed by atoms with Gasteiger partial charge in [-0.05, 0) is 73.4 Å². The first kappa shape index (κ1) is 20.4. The van der Waals surface area contributed by atoms with Crippen molar-refractivity contribution in [1.82, 2.24) is 10.3 Å². The molecule has 1 aliphatic rings. The predicted molar refractivity (Wildman–Crippen MR) is 120 cm³/mol. The van der Waals surface area contributed by atoms with Gasteiger partial charge >= 0.3 is 6.03 Å². The third kappa shape index (κ3) is 4.50. The van der Waals surface area contributed by atoms with Crippen LogP contribution in [-0.2, 0) is 6.42 Å². The van der Waals surface area contributed by atoms with E-state index in [1.54, 1.807) is 24.1 Å². The van der Waals surface area contributed by atoms with Crippen molar-refractivity contribution >= 4 is 23.3 Å². The fourth-order valence-corrected chi connectivity index (χ4v) is 3.75. The second kappa shape index (κ2) is 8.47. The molecule has 0 saturated heterocycles. The van der Waals surface area contributed by atoms with Crippen molar-refractivity contribution < 1.29 is 14.3 Å². The Balaban J connectivity index is 1.49. The van der Waals surface area contributed by atoms with Gasteiger partial charge in [0, 0.05) is 37.2 Å². The number of benzene rings is 2. The Labute approximate surface area is 181 Å². The molecule has 4 rings (SSSR count). The summed E-state index contributed by atoms with van der Waals surface area (Å²) in [6.07, 6.45) is 2.28. The Morgan fingerprint density at radius 3 is 2.48 bits per heavy atom. The molecule has 1 aliphatic heterocycles. The number of aryl methyl sites for hydroxylation is 2. The van der Waals surface area contributed by atoms with Crippen LogP contribution >= 0.6 is 0 Å². The van der Waals surface area contributed by atoms with Gasteiger partial charge in [-0.2, -0.15) is 0 Å². The molecular formula is C24H24N4O3. The molecule has 3 aromatic rings. The number of carbonyl (C=O) groups is 2. The summed E-state index contributed by atoms with van der Waals surface area (Å²) in [5.74, 6) is 0.894. The van der Waals surface area contributed by atoms with Crippen LogP contribution in [0.2, 0.25) is 0 Å². The van der Waals surface area contributed by atoms with Crippen LogP contribution in [0.25, 0.3) is 0 Å². The second-order valence-electron chi connectivity index (χ2n) is 7.56.